The van der Waals surface area contributed by atoms with Gasteiger partial charge in [-0.05, 0) is 41.7 Å². The van der Waals surface area contributed by atoms with Crippen LogP contribution in [-0.2, 0) is 13.0 Å². The lowest BCUT2D eigenvalue weighted by molar-refractivity contribution is 0.188. The van der Waals surface area contributed by atoms with E-state index < -0.39 is 0 Å². The Kier molecular flexibility index (Phi) is 4.87. The molecule has 0 saturated carbocycles. The molecule has 0 fully saturated rings. The number of carbonyl (C=O) groups excluding carboxylic acids is 1. The lowest BCUT2D eigenvalue weighted by Crippen LogP contribution is -2.44. The molecule has 1 heterocycles. The van der Waals surface area contributed by atoms with Gasteiger partial charge < -0.3 is 10.2 Å². The van der Waals surface area contributed by atoms with Crippen molar-refractivity contribution >= 4 is 17.6 Å². The van der Waals surface area contributed by atoms with Crippen LogP contribution in [0.15, 0.2) is 48.5 Å². The molecule has 2 amide bonds. The monoisotopic (exact) mass is 328 g/mol. The first-order valence-electron chi connectivity index (χ1n) is 8.05. The van der Waals surface area contributed by atoms with Crippen molar-refractivity contribution in [2.45, 2.75) is 32.4 Å². The van der Waals surface area contributed by atoms with E-state index in [0.29, 0.717) is 11.6 Å². The van der Waals surface area contributed by atoms with E-state index in [1.54, 1.807) is 0 Å². The molecule has 23 heavy (non-hydrogen) atoms. The third-order valence-corrected chi connectivity index (χ3v) is 4.65. The summed E-state index contributed by atoms with van der Waals surface area (Å²) in [6.07, 6.45) is 1.76. The Morgan fingerprint density at radius 3 is 2.57 bits per heavy atom. The van der Waals surface area contributed by atoms with Gasteiger partial charge in [0.1, 0.15) is 0 Å². The topological polar surface area (TPSA) is 32.3 Å². The lowest BCUT2D eigenvalue weighted by atomic mass is 10.00. The third kappa shape index (κ3) is 3.67. The van der Waals surface area contributed by atoms with Crippen molar-refractivity contribution in [3.8, 4) is 0 Å². The second-order valence-electron chi connectivity index (χ2n) is 5.90. The van der Waals surface area contributed by atoms with Gasteiger partial charge in [-0.3, -0.25) is 0 Å². The molecule has 1 atom stereocenters. The summed E-state index contributed by atoms with van der Waals surface area (Å²) < 4.78 is 0. The second-order valence-corrected chi connectivity index (χ2v) is 6.34. The highest BCUT2D eigenvalue weighted by molar-refractivity contribution is 6.30. The molecule has 2 aromatic carbocycles. The van der Waals surface area contributed by atoms with Crippen LogP contribution in [0.5, 0.6) is 0 Å². The van der Waals surface area contributed by atoms with Crippen molar-refractivity contribution in [3.05, 3.63) is 70.2 Å². The molecule has 4 heteroatoms. The van der Waals surface area contributed by atoms with E-state index in [1.807, 2.05) is 35.2 Å². The first-order valence-corrected chi connectivity index (χ1v) is 8.43. The fraction of sp³-hybridized carbons (Fsp3) is 0.316. The number of fused-ring (bicyclic) bond motifs is 1. The molecule has 0 spiro atoms. The number of halogens is 1. The largest absolute Gasteiger partial charge is 0.331 e. The summed E-state index contributed by atoms with van der Waals surface area (Å²) in [5, 5.41) is 3.86. The molecule has 0 aliphatic carbocycles. The highest BCUT2D eigenvalue weighted by atomic mass is 35.5. The third-order valence-electron chi connectivity index (χ3n) is 4.40. The van der Waals surface area contributed by atoms with Gasteiger partial charge in [-0.2, -0.15) is 0 Å². The molecule has 0 bridgehead atoms. The minimum Gasteiger partial charge on any atom is -0.331 e. The van der Waals surface area contributed by atoms with E-state index in [2.05, 4.69) is 30.4 Å². The smallest absolute Gasteiger partial charge is 0.318 e. The van der Waals surface area contributed by atoms with Crippen LogP contribution in [0.4, 0.5) is 4.79 Å². The summed E-state index contributed by atoms with van der Waals surface area (Å²) in [5.41, 5.74) is 3.68. The van der Waals surface area contributed by atoms with Gasteiger partial charge in [-0.15, -0.1) is 0 Å². The van der Waals surface area contributed by atoms with E-state index in [0.717, 1.165) is 24.9 Å². The number of amides is 2. The number of hydrogen-bond donors (Lipinski definition) is 1. The van der Waals surface area contributed by atoms with Crippen LogP contribution in [0.25, 0.3) is 0 Å². The van der Waals surface area contributed by atoms with Gasteiger partial charge in [-0.25, -0.2) is 4.79 Å². The maximum absolute atomic E-state index is 12.6. The maximum Gasteiger partial charge on any atom is 0.318 e. The van der Waals surface area contributed by atoms with Gasteiger partial charge >= 0.3 is 6.03 Å². The van der Waals surface area contributed by atoms with Crippen molar-refractivity contribution in [1.82, 2.24) is 10.2 Å². The summed E-state index contributed by atoms with van der Waals surface area (Å²) in [4.78, 5) is 14.5. The number of urea groups is 1. The molecule has 1 unspecified atom stereocenters. The van der Waals surface area contributed by atoms with Crippen molar-refractivity contribution in [1.29, 1.82) is 0 Å². The van der Waals surface area contributed by atoms with Gasteiger partial charge in [0.15, 0.2) is 0 Å². The highest BCUT2D eigenvalue weighted by Crippen LogP contribution is 2.22. The van der Waals surface area contributed by atoms with Crippen LogP contribution in [0.3, 0.4) is 0 Å². The normalized spacial score (nSPS) is 15.0. The molecular formula is C19H21ClN2O. The standard InChI is InChI=1S/C19H21ClN2O/c1-2-18(15-7-9-17(20)10-8-15)21-19(23)22-12-11-14-5-3-4-6-16(14)13-22/h3-10,18H,2,11-13H2,1H3,(H,21,23). The summed E-state index contributed by atoms with van der Waals surface area (Å²) in [6.45, 7) is 3.52. The average Bonchev–Trinajstić information content (AvgIpc) is 2.60. The van der Waals surface area contributed by atoms with E-state index >= 15 is 0 Å². The number of nitrogens with one attached hydrogen (secondary N) is 1. The van der Waals surface area contributed by atoms with Crippen LogP contribution < -0.4 is 5.32 Å². The fourth-order valence-electron chi connectivity index (χ4n) is 3.03. The Morgan fingerprint density at radius 1 is 1.17 bits per heavy atom. The number of rotatable bonds is 3. The Bertz CT molecular complexity index is 684. The second kappa shape index (κ2) is 7.05. The number of carbonyl (C=O) groups is 1. The Labute approximate surface area is 142 Å². The average molecular weight is 329 g/mol. The highest BCUT2D eigenvalue weighted by Gasteiger charge is 2.22. The van der Waals surface area contributed by atoms with Crippen LogP contribution in [-0.4, -0.2) is 17.5 Å². The zero-order chi connectivity index (χ0) is 16.2. The fourth-order valence-corrected chi connectivity index (χ4v) is 3.15. The van der Waals surface area contributed by atoms with Crippen molar-refractivity contribution in [2.75, 3.05) is 6.54 Å². The predicted octanol–water partition coefficient (Wildman–Crippen LogP) is 4.56. The molecule has 0 saturated heterocycles. The minimum absolute atomic E-state index is 0.00121. The van der Waals surface area contributed by atoms with Crippen molar-refractivity contribution in [2.24, 2.45) is 0 Å². The van der Waals surface area contributed by atoms with Crippen LogP contribution in [0, 0.1) is 0 Å². The number of benzene rings is 2. The molecule has 0 aromatic heterocycles. The molecule has 120 valence electrons. The first kappa shape index (κ1) is 15.9. The van der Waals surface area contributed by atoms with Crippen LogP contribution in [0.2, 0.25) is 5.02 Å². The zero-order valence-electron chi connectivity index (χ0n) is 13.3. The van der Waals surface area contributed by atoms with E-state index in [9.17, 15) is 4.79 Å². The molecule has 1 aliphatic heterocycles. The molecule has 1 N–H and O–H groups in total. The SMILES string of the molecule is CCC(NC(=O)N1CCc2ccccc2C1)c1ccc(Cl)cc1. The van der Waals surface area contributed by atoms with Gasteiger partial charge in [-0.1, -0.05) is 54.9 Å². The number of hydrogen-bond acceptors (Lipinski definition) is 1. The van der Waals surface area contributed by atoms with Crippen LogP contribution in [0.1, 0.15) is 36.1 Å². The number of nitrogens with zero attached hydrogens (tertiary/aromatic N) is 1. The predicted molar refractivity (Wildman–Crippen MR) is 93.6 cm³/mol. The first-order chi connectivity index (χ1) is 11.2. The molecule has 1 aliphatic rings. The van der Waals surface area contributed by atoms with E-state index in [4.69, 9.17) is 11.6 Å². The quantitative estimate of drug-likeness (QED) is 0.880. The Hall–Kier alpha value is -2.00. The summed E-state index contributed by atoms with van der Waals surface area (Å²) in [5.74, 6) is 0. The van der Waals surface area contributed by atoms with Crippen LogP contribution >= 0.6 is 11.6 Å². The molecular weight excluding hydrogens is 308 g/mol. The lowest BCUT2D eigenvalue weighted by Gasteiger charge is -2.30. The summed E-state index contributed by atoms with van der Waals surface area (Å²) >= 11 is 5.94. The van der Waals surface area contributed by atoms with E-state index in [1.165, 1.54) is 11.1 Å². The van der Waals surface area contributed by atoms with Crippen molar-refractivity contribution < 1.29 is 4.79 Å². The maximum atomic E-state index is 12.6. The zero-order valence-corrected chi connectivity index (χ0v) is 14.0. The minimum atomic E-state index is 0.00121. The summed E-state index contributed by atoms with van der Waals surface area (Å²) in [7, 11) is 0. The Balaban J connectivity index is 1.67. The molecule has 3 nitrogen and oxygen atoms in total. The van der Waals surface area contributed by atoms with Gasteiger partial charge in [0.2, 0.25) is 0 Å². The molecule has 3 rings (SSSR count). The van der Waals surface area contributed by atoms with E-state index in [-0.39, 0.29) is 12.1 Å². The van der Waals surface area contributed by atoms with Gasteiger partial charge in [0.25, 0.3) is 0 Å². The Morgan fingerprint density at radius 2 is 1.87 bits per heavy atom. The molecule has 2 aromatic rings. The van der Waals surface area contributed by atoms with Gasteiger partial charge in [0, 0.05) is 18.1 Å². The van der Waals surface area contributed by atoms with Crippen molar-refractivity contribution in [3.63, 3.8) is 0 Å². The summed E-state index contributed by atoms with van der Waals surface area (Å²) in [6, 6.07) is 16.0. The molecule has 0 radical (unpaired) electrons. The van der Waals surface area contributed by atoms with Gasteiger partial charge in [0.05, 0.1) is 6.04 Å².